The molecule has 0 bridgehead atoms. The van der Waals surface area contributed by atoms with E-state index in [2.05, 4.69) is 32.0 Å². The van der Waals surface area contributed by atoms with Crippen LogP contribution in [0.2, 0.25) is 0 Å². The predicted octanol–water partition coefficient (Wildman–Crippen LogP) is 2.99. The van der Waals surface area contributed by atoms with Crippen molar-refractivity contribution in [2.45, 2.75) is 45.6 Å². The summed E-state index contributed by atoms with van der Waals surface area (Å²) in [6.07, 6.45) is 4.50. The molecule has 0 saturated carbocycles. The van der Waals surface area contributed by atoms with E-state index in [9.17, 15) is 0 Å². The van der Waals surface area contributed by atoms with Gasteiger partial charge in [-0.2, -0.15) is 0 Å². The Balaban J connectivity index is 1.87. The molecule has 0 amide bonds. The van der Waals surface area contributed by atoms with E-state index >= 15 is 0 Å². The molecule has 0 aliphatic carbocycles. The lowest BCUT2D eigenvalue weighted by molar-refractivity contribution is 0.0619. The highest BCUT2D eigenvalue weighted by atomic mass is 16.5. The Bertz CT molecular complexity index is 362. The average molecular weight is 247 g/mol. The molecule has 1 unspecified atom stereocenters. The third-order valence-corrected chi connectivity index (χ3v) is 3.76. The monoisotopic (exact) mass is 247 g/mol. The maximum Gasteiger partial charge on any atom is 0.0468 e. The average Bonchev–Trinajstić information content (AvgIpc) is 2.28. The number of benzene rings is 1. The Morgan fingerprint density at radius 1 is 1.17 bits per heavy atom. The lowest BCUT2D eigenvalue weighted by Crippen LogP contribution is -2.28. The normalized spacial score (nSPS) is 18.8. The van der Waals surface area contributed by atoms with Crippen LogP contribution in [0.3, 0.4) is 0 Å². The van der Waals surface area contributed by atoms with Crippen LogP contribution in [0.5, 0.6) is 0 Å². The Labute approximate surface area is 111 Å². The van der Waals surface area contributed by atoms with Crippen LogP contribution in [0.15, 0.2) is 18.2 Å². The predicted molar refractivity (Wildman–Crippen MR) is 75.8 cm³/mol. The molecule has 0 spiro atoms. The molecular formula is C16H25NO. The molecule has 2 heteroatoms. The van der Waals surface area contributed by atoms with E-state index in [0.29, 0.717) is 0 Å². The number of hydrogen-bond donors (Lipinski definition) is 1. The molecule has 2 rings (SSSR count). The minimum atomic E-state index is 0.286. The van der Waals surface area contributed by atoms with E-state index < -0.39 is 0 Å². The second kappa shape index (κ2) is 6.35. The largest absolute Gasteiger partial charge is 0.381 e. The Hall–Kier alpha value is -0.860. The van der Waals surface area contributed by atoms with Crippen molar-refractivity contribution in [1.82, 2.24) is 0 Å². The highest BCUT2D eigenvalue weighted by Crippen LogP contribution is 2.21. The summed E-state index contributed by atoms with van der Waals surface area (Å²) in [5.41, 5.74) is 10.4. The fourth-order valence-corrected chi connectivity index (χ4v) is 2.98. The highest BCUT2D eigenvalue weighted by Gasteiger charge is 2.17. The van der Waals surface area contributed by atoms with E-state index in [1.165, 1.54) is 29.5 Å². The molecule has 1 aliphatic heterocycles. The van der Waals surface area contributed by atoms with Crippen molar-refractivity contribution in [3.63, 3.8) is 0 Å². The van der Waals surface area contributed by atoms with Gasteiger partial charge in [-0.1, -0.05) is 29.3 Å². The molecule has 1 heterocycles. The Kier molecular flexibility index (Phi) is 4.79. The van der Waals surface area contributed by atoms with Gasteiger partial charge in [0.15, 0.2) is 0 Å². The first-order valence-electron chi connectivity index (χ1n) is 7.04. The van der Waals surface area contributed by atoms with Crippen LogP contribution in [0.1, 0.15) is 36.0 Å². The van der Waals surface area contributed by atoms with Gasteiger partial charge in [0.1, 0.15) is 0 Å². The molecule has 1 atom stereocenters. The summed E-state index contributed by atoms with van der Waals surface area (Å²) < 4.78 is 5.39. The first-order valence-corrected chi connectivity index (χ1v) is 7.04. The number of rotatable bonds is 4. The zero-order valence-corrected chi connectivity index (χ0v) is 11.6. The van der Waals surface area contributed by atoms with Gasteiger partial charge in [-0.25, -0.2) is 0 Å². The van der Waals surface area contributed by atoms with Crippen molar-refractivity contribution in [2.24, 2.45) is 11.7 Å². The van der Waals surface area contributed by atoms with Gasteiger partial charge in [0, 0.05) is 19.3 Å². The van der Waals surface area contributed by atoms with Crippen LogP contribution in [0.4, 0.5) is 0 Å². The molecule has 1 fully saturated rings. The number of ether oxygens (including phenoxy) is 1. The molecule has 18 heavy (non-hydrogen) atoms. The van der Waals surface area contributed by atoms with Crippen molar-refractivity contribution >= 4 is 0 Å². The van der Waals surface area contributed by atoms with Crippen LogP contribution < -0.4 is 5.73 Å². The fraction of sp³-hybridized carbons (Fsp3) is 0.625. The van der Waals surface area contributed by atoms with E-state index in [1.807, 2.05) is 0 Å². The van der Waals surface area contributed by atoms with E-state index in [4.69, 9.17) is 10.5 Å². The molecule has 1 aliphatic rings. The topological polar surface area (TPSA) is 35.2 Å². The van der Waals surface area contributed by atoms with Crippen LogP contribution >= 0.6 is 0 Å². The van der Waals surface area contributed by atoms with Crippen molar-refractivity contribution in [1.29, 1.82) is 0 Å². The van der Waals surface area contributed by atoms with Crippen molar-refractivity contribution < 1.29 is 4.74 Å². The zero-order chi connectivity index (χ0) is 13.0. The molecule has 2 N–H and O–H groups in total. The van der Waals surface area contributed by atoms with Crippen LogP contribution in [0, 0.1) is 19.8 Å². The van der Waals surface area contributed by atoms with Crippen molar-refractivity contribution in [2.75, 3.05) is 13.2 Å². The van der Waals surface area contributed by atoms with Gasteiger partial charge in [-0.3, -0.25) is 0 Å². The zero-order valence-electron chi connectivity index (χ0n) is 11.6. The van der Waals surface area contributed by atoms with Gasteiger partial charge in [-0.05, 0) is 51.0 Å². The second-order valence-electron chi connectivity index (χ2n) is 5.75. The fourth-order valence-electron chi connectivity index (χ4n) is 2.98. The highest BCUT2D eigenvalue weighted by molar-refractivity contribution is 5.29. The number of hydrogen-bond acceptors (Lipinski definition) is 2. The molecule has 100 valence electrons. The van der Waals surface area contributed by atoms with Gasteiger partial charge in [0.25, 0.3) is 0 Å². The quantitative estimate of drug-likeness (QED) is 0.887. The molecule has 1 saturated heterocycles. The summed E-state index contributed by atoms with van der Waals surface area (Å²) >= 11 is 0. The summed E-state index contributed by atoms with van der Waals surface area (Å²) in [6, 6.07) is 7.02. The smallest absolute Gasteiger partial charge is 0.0468 e. The van der Waals surface area contributed by atoms with Crippen LogP contribution in [-0.4, -0.2) is 19.3 Å². The third kappa shape index (κ3) is 4.11. The second-order valence-corrected chi connectivity index (χ2v) is 5.75. The van der Waals surface area contributed by atoms with Gasteiger partial charge < -0.3 is 10.5 Å². The molecule has 0 radical (unpaired) electrons. The first-order chi connectivity index (χ1) is 8.63. The summed E-state index contributed by atoms with van der Waals surface area (Å²) in [4.78, 5) is 0. The standard InChI is InChI=1S/C16H25NO/c1-12-7-13(2)9-15(8-12)11-16(17)10-14-3-5-18-6-4-14/h7-9,14,16H,3-6,10-11,17H2,1-2H3. The molecule has 2 nitrogen and oxygen atoms in total. The summed E-state index contributed by atoms with van der Waals surface area (Å²) in [5.74, 6) is 0.764. The molecule has 1 aromatic rings. The maximum atomic E-state index is 6.30. The lowest BCUT2D eigenvalue weighted by Gasteiger charge is -2.25. The van der Waals surface area contributed by atoms with Gasteiger partial charge in [0.05, 0.1) is 0 Å². The number of aryl methyl sites for hydroxylation is 2. The minimum Gasteiger partial charge on any atom is -0.381 e. The van der Waals surface area contributed by atoms with Gasteiger partial charge >= 0.3 is 0 Å². The van der Waals surface area contributed by atoms with Crippen molar-refractivity contribution in [3.8, 4) is 0 Å². The summed E-state index contributed by atoms with van der Waals surface area (Å²) in [5, 5.41) is 0. The lowest BCUT2D eigenvalue weighted by atomic mass is 9.90. The van der Waals surface area contributed by atoms with Crippen molar-refractivity contribution in [3.05, 3.63) is 34.9 Å². The summed E-state index contributed by atoms with van der Waals surface area (Å²) in [6.45, 7) is 6.14. The first kappa shape index (κ1) is 13.6. The van der Waals surface area contributed by atoms with Crippen LogP contribution in [-0.2, 0) is 11.2 Å². The van der Waals surface area contributed by atoms with Gasteiger partial charge in [-0.15, -0.1) is 0 Å². The maximum absolute atomic E-state index is 6.30. The Morgan fingerprint density at radius 2 is 1.78 bits per heavy atom. The SMILES string of the molecule is Cc1cc(C)cc(CC(N)CC2CCOCC2)c1. The molecule has 1 aromatic carbocycles. The molecule has 0 aromatic heterocycles. The third-order valence-electron chi connectivity index (χ3n) is 3.76. The van der Waals surface area contributed by atoms with E-state index in [1.54, 1.807) is 0 Å². The van der Waals surface area contributed by atoms with Crippen LogP contribution in [0.25, 0.3) is 0 Å². The minimum absolute atomic E-state index is 0.286. The number of nitrogens with two attached hydrogens (primary N) is 1. The van der Waals surface area contributed by atoms with E-state index in [0.717, 1.165) is 32.0 Å². The Morgan fingerprint density at radius 3 is 2.39 bits per heavy atom. The van der Waals surface area contributed by atoms with E-state index in [-0.39, 0.29) is 6.04 Å². The summed E-state index contributed by atoms with van der Waals surface area (Å²) in [7, 11) is 0. The molecular weight excluding hydrogens is 222 g/mol. The van der Waals surface area contributed by atoms with Gasteiger partial charge in [0.2, 0.25) is 0 Å².